The van der Waals surface area contributed by atoms with E-state index in [1.165, 1.54) is 10.9 Å². The largest absolute Gasteiger partial charge is 0.480 e. The van der Waals surface area contributed by atoms with E-state index in [1.54, 1.807) is 25.5 Å². The van der Waals surface area contributed by atoms with Crippen LogP contribution in [-0.4, -0.2) is 43.5 Å². The molecule has 136 valence electrons. The van der Waals surface area contributed by atoms with E-state index >= 15 is 0 Å². The van der Waals surface area contributed by atoms with Crippen LogP contribution in [0.15, 0.2) is 18.3 Å². The first-order chi connectivity index (χ1) is 11.5. The number of carbonyl (C=O) groups excluding carboxylic acids is 1. The minimum absolute atomic E-state index is 0.0154. The maximum Gasteiger partial charge on any atom is 0.391 e. The lowest BCUT2D eigenvalue weighted by atomic mass is 10.2. The molecule has 0 bridgehead atoms. The second kappa shape index (κ2) is 6.61. The Bertz CT molecular complexity index is 788. The molecule has 2 N–H and O–H groups in total. The van der Waals surface area contributed by atoms with E-state index < -0.39 is 30.5 Å². The number of carboxylic acid groups (broad SMARTS) is 1. The predicted molar refractivity (Wildman–Crippen MR) is 81.6 cm³/mol. The molecule has 2 aromatic rings. The Morgan fingerprint density at radius 1 is 1.28 bits per heavy atom. The number of aryl methyl sites for hydroxylation is 3. The Balaban J connectivity index is 2.36. The van der Waals surface area contributed by atoms with E-state index in [0.717, 1.165) is 11.4 Å². The van der Waals surface area contributed by atoms with Crippen molar-refractivity contribution in [2.45, 2.75) is 32.5 Å². The van der Waals surface area contributed by atoms with Crippen molar-refractivity contribution < 1.29 is 27.9 Å². The molecule has 2 heterocycles. The predicted octanol–water partition coefficient (Wildman–Crippen LogP) is 1.96. The number of carboxylic acids is 1. The van der Waals surface area contributed by atoms with Crippen LogP contribution in [0.25, 0.3) is 5.82 Å². The van der Waals surface area contributed by atoms with E-state index in [-0.39, 0.29) is 5.56 Å². The molecule has 1 unspecified atom stereocenters. The van der Waals surface area contributed by atoms with Crippen LogP contribution in [-0.2, 0) is 11.8 Å². The molecule has 0 aliphatic heterocycles. The van der Waals surface area contributed by atoms with Gasteiger partial charge in [0.2, 0.25) is 0 Å². The topological polar surface area (TPSA) is 89.2 Å². The highest BCUT2D eigenvalue weighted by Gasteiger charge is 2.37. The zero-order valence-electron chi connectivity index (χ0n) is 13.8. The molecule has 7 nitrogen and oxygen atoms in total. The molecule has 0 radical (unpaired) electrons. The Kier molecular flexibility index (Phi) is 4.91. The molecule has 0 aromatic carbocycles. The normalized spacial score (nSPS) is 12.9. The van der Waals surface area contributed by atoms with Gasteiger partial charge in [-0.3, -0.25) is 9.48 Å². The molecule has 2 rings (SSSR count). The number of hydrogen-bond donors (Lipinski definition) is 2. The van der Waals surface area contributed by atoms with Gasteiger partial charge in [-0.1, -0.05) is 0 Å². The van der Waals surface area contributed by atoms with E-state index in [2.05, 4.69) is 5.10 Å². The smallest absolute Gasteiger partial charge is 0.391 e. The fourth-order valence-corrected chi connectivity index (χ4v) is 2.53. The number of aliphatic carboxylic acids is 1. The molecule has 0 spiro atoms. The zero-order chi connectivity index (χ0) is 18.9. The summed E-state index contributed by atoms with van der Waals surface area (Å²) in [6.07, 6.45) is -5.19. The van der Waals surface area contributed by atoms with E-state index in [1.807, 2.05) is 17.4 Å². The number of nitrogens with one attached hydrogen (secondary N) is 1. The van der Waals surface area contributed by atoms with Gasteiger partial charge in [0.15, 0.2) is 0 Å². The second-order valence-corrected chi connectivity index (χ2v) is 5.64. The van der Waals surface area contributed by atoms with Crippen molar-refractivity contribution in [2.75, 3.05) is 0 Å². The van der Waals surface area contributed by atoms with Gasteiger partial charge in [-0.25, -0.2) is 4.79 Å². The van der Waals surface area contributed by atoms with E-state index in [0.29, 0.717) is 5.82 Å². The summed E-state index contributed by atoms with van der Waals surface area (Å²) in [5.41, 5.74) is 1.57. The van der Waals surface area contributed by atoms with Crippen LogP contribution in [0.5, 0.6) is 0 Å². The number of carbonyl (C=O) groups is 2. The SMILES string of the molecule is Cc1ccc(C)n1-c1c(C(=O)NC(CC(F)(F)F)C(=O)O)cnn1C. The lowest BCUT2D eigenvalue weighted by Crippen LogP contribution is -2.43. The lowest BCUT2D eigenvalue weighted by Gasteiger charge is -2.17. The Labute approximate surface area is 141 Å². The van der Waals surface area contributed by atoms with Gasteiger partial charge in [0, 0.05) is 18.4 Å². The van der Waals surface area contributed by atoms with Gasteiger partial charge in [-0.15, -0.1) is 0 Å². The van der Waals surface area contributed by atoms with Crippen molar-refractivity contribution in [1.29, 1.82) is 0 Å². The number of hydrogen-bond acceptors (Lipinski definition) is 3. The summed E-state index contributed by atoms with van der Waals surface area (Å²) in [6.45, 7) is 3.59. The van der Waals surface area contributed by atoms with Crippen LogP contribution in [0.4, 0.5) is 13.2 Å². The Hall–Kier alpha value is -2.78. The molecule has 0 aliphatic rings. The van der Waals surface area contributed by atoms with E-state index in [4.69, 9.17) is 5.11 Å². The molecular weight excluding hydrogens is 341 g/mol. The molecular formula is C15H17F3N4O3. The van der Waals surface area contributed by atoms with Crippen LogP contribution in [0.2, 0.25) is 0 Å². The summed E-state index contributed by atoms with van der Waals surface area (Å²) in [5.74, 6) is -2.36. The Morgan fingerprint density at radius 2 is 1.84 bits per heavy atom. The number of alkyl halides is 3. The molecule has 0 saturated carbocycles. The van der Waals surface area contributed by atoms with Crippen molar-refractivity contribution >= 4 is 11.9 Å². The minimum Gasteiger partial charge on any atom is -0.480 e. The van der Waals surface area contributed by atoms with Gasteiger partial charge in [0.1, 0.15) is 17.4 Å². The highest BCUT2D eigenvalue weighted by molar-refractivity contribution is 5.99. The van der Waals surface area contributed by atoms with Crippen molar-refractivity contribution in [2.24, 2.45) is 7.05 Å². The third-order valence-corrected chi connectivity index (χ3v) is 3.67. The van der Waals surface area contributed by atoms with Gasteiger partial charge < -0.3 is 15.0 Å². The number of halogens is 3. The summed E-state index contributed by atoms with van der Waals surface area (Å²) in [6, 6.07) is 1.55. The first kappa shape index (κ1) is 18.6. The molecule has 1 atom stereocenters. The number of nitrogens with zero attached hydrogens (tertiary/aromatic N) is 3. The van der Waals surface area contributed by atoms with Gasteiger partial charge in [0.05, 0.1) is 12.6 Å². The maximum absolute atomic E-state index is 12.5. The van der Waals surface area contributed by atoms with Gasteiger partial charge >= 0.3 is 12.1 Å². The summed E-state index contributed by atoms with van der Waals surface area (Å²) in [5, 5.41) is 14.8. The van der Waals surface area contributed by atoms with Crippen molar-refractivity contribution in [3.63, 3.8) is 0 Å². The summed E-state index contributed by atoms with van der Waals surface area (Å²) in [4.78, 5) is 23.4. The van der Waals surface area contributed by atoms with Crippen molar-refractivity contribution in [1.82, 2.24) is 19.7 Å². The number of rotatable bonds is 5. The molecule has 2 aromatic heterocycles. The second-order valence-electron chi connectivity index (χ2n) is 5.64. The lowest BCUT2D eigenvalue weighted by molar-refractivity contribution is -0.157. The van der Waals surface area contributed by atoms with Gasteiger partial charge in [-0.05, 0) is 26.0 Å². The molecule has 0 aliphatic carbocycles. The first-order valence-electron chi connectivity index (χ1n) is 7.29. The number of aromatic nitrogens is 3. The van der Waals surface area contributed by atoms with Crippen LogP contribution in [0.3, 0.4) is 0 Å². The summed E-state index contributed by atoms with van der Waals surface area (Å²) >= 11 is 0. The quantitative estimate of drug-likeness (QED) is 0.855. The average molecular weight is 358 g/mol. The molecule has 0 saturated heterocycles. The standard InChI is InChI=1S/C15H17F3N4O3/c1-8-4-5-9(2)22(8)13-10(7-19-21(13)3)12(23)20-11(14(24)25)6-15(16,17)18/h4-5,7,11H,6H2,1-3H3,(H,20,23)(H,24,25). The molecule has 10 heteroatoms. The van der Waals surface area contributed by atoms with Gasteiger partial charge in [-0.2, -0.15) is 18.3 Å². The maximum atomic E-state index is 12.5. The zero-order valence-corrected chi connectivity index (χ0v) is 13.8. The van der Waals surface area contributed by atoms with Crippen LogP contribution in [0.1, 0.15) is 28.2 Å². The molecule has 0 fully saturated rings. The van der Waals surface area contributed by atoms with E-state index in [9.17, 15) is 22.8 Å². The van der Waals surface area contributed by atoms with Gasteiger partial charge in [0.25, 0.3) is 5.91 Å². The average Bonchev–Trinajstić information content (AvgIpc) is 2.99. The molecule has 25 heavy (non-hydrogen) atoms. The van der Waals surface area contributed by atoms with Crippen molar-refractivity contribution in [3.8, 4) is 5.82 Å². The highest BCUT2D eigenvalue weighted by Crippen LogP contribution is 2.23. The third kappa shape index (κ3) is 4.01. The highest BCUT2D eigenvalue weighted by atomic mass is 19.4. The minimum atomic E-state index is -4.72. The molecule has 1 amide bonds. The van der Waals surface area contributed by atoms with Crippen LogP contribution < -0.4 is 5.32 Å². The summed E-state index contributed by atoms with van der Waals surface area (Å²) in [7, 11) is 1.58. The fraction of sp³-hybridized carbons (Fsp3) is 0.400. The van der Waals surface area contributed by atoms with Crippen LogP contribution in [0, 0.1) is 13.8 Å². The Morgan fingerprint density at radius 3 is 2.32 bits per heavy atom. The third-order valence-electron chi connectivity index (χ3n) is 3.67. The number of amides is 1. The monoisotopic (exact) mass is 358 g/mol. The summed E-state index contributed by atoms with van der Waals surface area (Å²) < 4.78 is 40.6. The fourth-order valence-electron chi connectivity index (χ4n) is 2.53. The van der Waals surface area contributed by atoms with Crippen molar-refractivity contribution in [3.05, 3.63) is 35.3 Å². The first-order valence-corrected chi connectivity index (χ1v) is 7.29. The van der Waals surface area contributed by atoms with Crippen LogP contribution >= 0.6 is 0 Å².